The number of urea groups is 1. The van der Waals surface area contributed by atoms with Crippen LogP contribution in [0.25, 0.3) is 0 Å². The van der Waals surface area contributed by atoms with Crippen LogP contribution in [0.4, 0.5) is 4.79 Å². The van der Waals surface area contributed by atoms with Gasteiger partial charge in [-0.15, -0.1) is 0 Å². The number of ether oxygens (including phenoxy) is 2. The molecular formula is C18H21N3O3. The van der Waals surface area contributed by atoms with Gasteiger partial charge in [0.25, 0.3) is 0 Å². The number of hydrogen-bond acceptors (Lipinski definition) is 4. The van der Waals surface area contributed by atoms with E-state index in [9.17, 15) is 4.79 Å². The number of nitrogens with zero attached hydrogens (tertiary/aromatic N) is 1. The molecule has 0 bridgehead atoms. The molecule has 2 N–H and O–H groups in total. The fraction of sp³-hybridized carbons (Fsp3) is 0.333. The van der Waals surface area contributed by atoms with E-state index < -0.39 is 0 Å². The molecule has 0 aliphatic carbocycles. The van der Waals surface area contributed by atoms with Crippen molar-refractivity contribution < 1.29 is 14.3 Å². The summed E-state index contributed by atoms with van der Waals surface area (Å²) in [7, 11) is 0. The molecular weight excluding hydrogens is 306 g/mol. The Bertz CT molecular complexity index is 717. The fourth-order valence-corrected chi connectivity index (χ4v) is 2.46. The van der Waals surface area contributed by atoms with Gasteiger partial charge < -0.3 is 20.1 Å². The third-order valence-corrected chi connectivity index (χ3v) is 4.00. The Balaban J connectivity index is 1.53. The number of pyridine rings is 1. The molecule has 1 aromatic carbocycles. The van der Waals surface area contributed by atoms with E-state index in [1.807, 2.05) is 36.4 Å². The molecule has 3 rings (SSSR count). The van der Waals surface area contributed by atoms with Crippen molar-refractivity contribution in [2.75, 3.05) is 13.3 Å². The zero-order chi connectivity index (χ0) is 17.0. The van der Waals surface area contributed by atoms with Crippen LogP contribution < -0.4 is 20.1 Å². The number of benzene rings is 1. The Morgan fingerprint density at radius 2 is 2.00 bits per heavy atom. The van der Waals surface area contributed by atoms with Crippen molar-refractivity contribution in [3.05, 3.63) is 53.9 Å². The van der Waals surface area contributed by atoms with Crippen LogP contribution in [0.2, 0.25) is 0 Å². The summed E-state index contributed by atoms with van der Waals surface area (Å²) >= 11 is 0. The van der Waals surface area contributed by atoms with Gasteiger partial charge in [0.2, 0.25) is 6.79 Å². The maximum atomic E-state index is 12.0. The summed E-state index contributed by atoms with van der Waals surface area (Å²) in [6, 6.07) is 11.3. The summed E-state index contributed by atoms with van der Waals surface area (Å²) in [6.07, 6.45) is 1.71. The quantitative estimate of drug-likeness (QED) is 0.885. The van der Waals surface area contributed by atoms with Crippen molar-refractivity contribution in [1.29, 1.82) is 0 Å². The molecule has 0 radical (unpaired) electrons. The molecule has 1 aliphatic rings. The number of nitrogens with one attached hydrogen (secondary N) is 2. The number of rotatable bonds is 5. The monoisotopic (exact) mass is 327 g/mol. The Kier molecular flexibility index (Phi) is 4.55. The molecule has 6 nitrogen and oxygen atoms in total. The molecule has 1 aliphatic heterocycles. The lowest BCUT2D eigenvalue weighted by molar-refractivity contribution is 0.174. The van der Waals surface area contributed by atoms with Crippen LogP contribution in [0, 0.1) is 0 Å². The largest absolute Gasteiger partial charge is 0.454 e. The predicted molar refractivity (Wildman–Crippen MR) is 90.1 cm³/mol. The average Bonchev–Trinajstić information content (AvgIpc) is 3.07. The highest BCUT2D eigenvalue weighted by Crippen LogP contribution is 2.36. The molecule has 24 heavy (non-hydrogen) atoms. The Hall–Kier alpha value is -2.76. The van der Waals surface area contributed by atoms with Crippen LogP contribution in [0.15, 0.2) is 42.6 Å². The van der Waals surface area contributed by atoms with E-state index in [0.717, 1.165) is 22.8 Å². The zero-order valence-corrected chi connectivity index (χ0v) is 13.8. The molecule has 1 aromatic heterocycles. The van der Waals surface area contributed by atoms with E-state index in [2.05, 4.69) is 29.5 Å². The van der Waals surface area contributed by atoms with Gasteiger partial charge in [0.05, 0.1) is 12.2 Å². The smallest absolute Gasteiger partial charge is 0.315 e. The van der Waals surface area contributed by atoms with Crippen LogP contribution in [0.1, 0.15) is 25.1 Å². The summed E-state index contributed by atoms with van der Waals surface area (Å²) in [4.78, 5) is 16.2. The molecule has 6 heteroatoms. The molecule has 2 heterocycles. The molecule has 126 valence electrons. The Morgan fingerprint density at radius 3 is 2.79 bits per heavy atom. The summed E-state index contributed by atoms with van der Waals surface area (Å²) in [6.45, 7) is 5.30. The first-order valence-electron chi connectivity index (χ1n) is 7.86. The number of hydrogen-bond donors (Lipinski definition) is 2. The van der Waals surface area contributed by atoms with Gasteiger partial charge in [0.15, 0.2) is 11.5 Å². The molecule has 2 aromatic rings. The highest BCUT2D eigenvalue weighted by atomic mass is 16.7. The lowest BCUT2D eigenvalue weighted by Gasteiger charge is -2.26. The lowest BCUT2D eigenvalue weighted by atomic mass is 9.84. The van der Waals surface area contributed by atoms with Crippen LogP contribution in [0.5, 0.6) is 11.5 Å². The molecule has 0 atom stereocenters. The average molecular weight is 327 g/mol. The first-order chi connectivity index (χ1) is 11.5. The van der Waals surface area contributed by atoms with Gasteiger partial charge in [-0.1, -0.05) is 26.0 Å². The SMILES string of the molecule is CC(C)(CNC(=O)NCc1ccccn1)c1ccc2c(c1)OCO2. The number of carbonyl (C=O) groups excluding carboxylic acids is 1. The van der Waals surface area contributed by atoms with Crippen LogP contribution in [0.3, 0.4) is 0 Å². The van der Waals surface area contributed by atoms with Crippen molar-refractivity contribution >= 4 is 6.03 Å². The Morgan fingerprint density at radius 1 is 1.17 bits per heavy atom. The molecule has 0 saturated carbocycles. The maximum Gasteiger partial charge on any atom is 0.315 e. The number of fused-ring (bicyclic) bond motifs is 1. The lowest BCUT2D eigenvalue weighted by Crippen LogP contribution is -2.42. The third-order valence-electron chi connectivity index (χ3n) is 4.00. The van der Waals surface area contributed by atoms with E-state index in [-0.39, 0.29) is 18.2 Å². The highest BCUT2D eigenvalue weighted by Gasteiger charge is 2.24. The number of amides is 2. The van der Waals surface area contributed by atoms with Crippen molar-refractivity contribution in [3.63, 3.8) is 0 Å². The van der Waals surface area contributed by atoms with E-state index in [0.29, 0.717) is 13.1 Å². The van der Waals surface area contributed by atoms with Crippen LogP contribution >= 0.6 is 0 Å². The van der Waals surface area contributed by atoms with Gasteiger partial charge in [-0.2, -0.15) is 0 Å². The second-order valence-electron chi connectivity index (χ2n) is 6.31. The zero-order valence-electron chi connectivity index (χ0n) is 13.8. The predicted octanol–water partition coefficient (Wildman–Crippen LogP) is 2.59. The standard InChI is InChI=1S/C18H21N3O3/c1-18(2,13-6-7-15-16(9-13)24-12-23-15)11-21-17(22)20-10-14-5-3-4-8-19-14/h3-9H,10-12H2,1-2H3,(H2,20,21,22). The maximum absolute atomic E-state index is 12.0. The molecule has 0 unspecified atom stereocenters. The minimum absolute atomic E-state index is 0.213. The van der Waals surface area contributed by atoms with Gasteiger partial charge in [0, 0.05) is 18.2 Å². The van der Waals surface area contributed by atoms with Crippen LogP contribution in [-0.4, -0.2) is 24.4 Å². The number of carbonyl (C=O) groups is 1. The summed E-state index contributed by atoms with van der Waals surface area (Å²) in [5.41, 5.74) is 1.67. The van der Waals surface area contributed by atoms with Crippen molar-refractivity contribution in [1.82, 2.24) is 15.6 Å². The van der Waals surface area contributed by atoms with Gasteiger partial charge in [-0.05, 0) is 29.8 Å². The molecule has 0 fully saturated rings. The van der Waals surface area contributed by atoms with Gasteiger partial charge in [-0.25, -0.2) is 4.79 Å². The Labute approximate surface area is 141 Å². The topological polar surface area (TPSA) is 72.5 Å². The third kappa shape index (κ3) is 3.76. The van der Waals surface area contributed by atoms with Crippen molar-refractivity contribution in [2.24, 2.45) is 0 Å². The fourth-order valence-electron chi connectivity index (χ4n) is 2.46. The highest BCUT2D eigenvalue weighted by molar-refractivity contribution is 5.73. The van der Waals surface area contributed by atoms with E-state index in [4.69, 9.17) is 9.47 Å². The van der Waals surface area contributed by atoms with Crippen molar-refractivity contribution in [3.8, 4) is 11.5 Å². The van der Waals surface area contributed by atoms with E-state index in [1.54, 1.807) is 6.20 Å². The summed E-state index contributed by atoms with van der Waals surface area (Å²) in [5.74, 6) is 1.51. The van der Waals surface area contributed by atoms with Crippen molar-refractivity contribution in [2.45, 2.75) is 25.8 Å². The molecule has 0 spiro atoms. The second-order valence-corrected chi connectivity index (χ2v) is 6.31. The first-order valence-corrected chi connectivity index (χ1v) is 7.86. The summed E-state index contributed by atoms with van der Waals surface area (Å²) < 4.78 is 10.7. The van der Waals surface area contributed by atoms with E-state index in [1.165, 1.54) is 0 Å². The minimum atomic E-state index is -0.233. The first kappa shape index (κ1) is 16.1. The summed E-state index contributed by atoms with van der Waals surface area (Å²) in [5, 5.41) is 5.72. The number of aromatic nitrogens is 1. The minimum Gasteiger partial charge on any atom is -0.454 e. The van der Waals surface area contributed by atoms with Gasteiger partial charge in [0.1, 0.15) is 0 Å². The molecule has 2 amide bonds. The molecule has 0 saturated heterocycles. The van der Waals surface area contributed by atoms with Gasteiger partial charge in [-0.3, -0.25) is 4.98 Å². The van der Waals surface area contributed by atoms with E-state index >= 15 is 0 Å². The van der Waals surface area contributed by atoms with Gasteiger partial charge >= 0.3 is 6.03 Å². The van der Waals surface area contributed by atoms with Crippen LogP contribution in [-0.2, 0) is 12.0 Å². The normalized spacial score (nSPS) is 12.8. The second kappa shape index (κ2) is 6.78.